The Labute approximate surface area is 102 Å². The SMILES string of the molecule is NC1CC(Nc2nc3cc([N+](=O)[O-])ccc3o2)C1. The molecule has 1 aliphatic carbocycles. The number of oxazole rings is 1. The third-order valence-electron chi connectivity index (χ3n) is 3.08. The van der Waals surface area contributed by atoms with Crippen molar-refractivity contribution in [3.63, 3.8) is 0 Å². The molecule has 0 bridgehead atoms. The van der Waals surface area contributed by atoms with Gasteiger partial charge in [-0.05, 0) is 18.9 Å². The number of nitrogens with zero attached hydrogens (tertiary/aromatic N) is 2. The lowest BCUT2D eigenvalue weighted by atomic mass is 9.88. The molecule has 0 atom stereocenters. The summed E-state index contributed by atoms with van der Waals surface area (Å²) in [7, 11) is 0. The molecular weight excluding hydrogens is 236 g/mol. The Bertz CT molecular complexity index is 603. The Hall–Kier alpha value is -2.15. The van der Waals surface area contributed by atoms with Crippen molar-refractivity contribution >= 4 is 22.8 Å². The van der Waals surface area contributed by atoms with Gasteiger partial charge >= 0.3 is 0 Å². The summed E-state index contributed by atoms with van der Waals surface area (Å²) < 4.78 is 5.46. The first-order valence-electron chi connectivity index (χ1n) is 5.69. The number of hydrogen-bond acceptors (Lipinski definition) is 6. The number of aromatic nitrogens is 1. The van der Waals surface area contributed by atoms with Gasteiger partial charge in [0.15, 0.2) is 5.58 Å². The van der Waals surface area contributed by atoms with E-state index in [2.05, 4.69) is 10.3 Å². The van der Waals surface area contributed by atoms with Crippen LogP contribution in [0, 0.1) is 10.1 Å². The Morgan fingerprint density at radius 1 is 1.50 bits per heavy atom. The largest absolute Gasteiger partial charge is 0.424 e. The summed E-state index contributed by atoms with van der Waals surface area (Å²) in [4.78, 5) is 14.4. The zero-order chi connectivity index (χ0) is 12.7. The molecule has 1 fully saturated rings. The predicted molar refractivity (Wildman–Crippen MR) is 65.3 cm³/mol. The van der Waals surface area contributed by atoms with Crippen LogP contribution in [0.2, 0.25) is 0 Å². The molecule has 0 saturated heterocycles. The molecule has 1 aromatic heterocycles. The van der Waals surface area contributed by atoms with Crippen LogP contribution in [0.5, 0.6) is 0 Å². The van der Waals surface area contributed by atoms with Crippen molar-refractivity contribution in [2.45, 2.75) is 24.9 Å². The average molecular weight is 248 g/mol. The van der Waals surface area contributed by atoms with Crippen LogP contribution in [0.4, 0.5) is 11.7 Å². The molecule has 3 rings (SSSR count). The second-order valence-corrected chi connectivity index (χ2v) is 4.50. The van der Waals surface area contributed by atoms with E-state index in [-0.39, 0.29) is 17.8 Å². The maximum atomic E-state index is 10.6. The summed E-state index contributed by atoms with van der Waals surface area (Å²) in [5.41, 5.74) is 6.71. The second-order valence-electron chi connectivity index (χ2n) is 4.50. The minimum absolute atomic E-state index is 0.00742. The number of nitrogens with two attached hydrogens (primary N) is 1. The smallest absolute Gasteiger partial charge is 0.295 e. The summed E-state index contributed by atoms with van der Waals surface area (Å²) in [6, 6.07) is 5.27. The van der Waals surface area contributed by atoms with Gasteiger partial charge in [0.25, 0.3) is 11.7 Å². The van der Waals surface area contributed by atoms with Gasteiger partial charge in [0.05, 0.1) is 4.92 Å². The van der Waals surface area contributed by atoms with Crippen molar-refractivity contribution in [1.29, 1.82) is 0 Å². The molecule has 1 saturated carbocycles. The molecule has 0 radical (unpaired) electrons. The number of anilines is 1. The Balaban J connectivity index is 1.84. The summed E-state index contributed by atoms with van der Waals surface area (Å²) in [5, 5.41) is 13.8. The lowest BCUT2D eigenvalue weighted by Gasteiger charge is -2.32. The lowest BCUT2D eigenvalue weighted by Crippen LogP contribution is -2.44. The molecule has 7 nitrogen and oxygen atoms in total. The highest BCUT2D eigenvalue weighted by atomic mass is 16.6. The molecule has 0 amide bonds. The van der Waals surface area contributed by atoms with Gasteiger partial charge in [0, 0.05) is 24.2 Å². The van der Waals surface area contributed by atoms with Crippen molar-refractivity contribution in [1.82, 2.24) is 4.98 Å². The average Bonchev–Trinajstić information content (AvgIpc) is 2.67. The van der Waals surface area contributed by atoms with Crippen LogP contribution in [-0.2, 0) is 0 Å². The van der Waals surface area contributed by atoms with Crippen LogP contribution in [0.3, 0.4) is 0 Å². The van der Waals surface area contributed by atoms with Crippen LogP contribution >= 0.6 is 0 Å². The number of non-ortho nitro benzene ring substituents is 1. The number of hydrogen-bond donors (Lipinski definition) is 2. The number of benzene rings is 1. The van der Waals surface area contributed by atoms with Crippen molar-refractivity contribution in [3.05, 3.63) is 28.3 Å². The summed E-state index contributed by atoms with van der Waals surface area (Å²) in [5.74, 6) is 0. The van der Waals surface area contributed by atoms with Gasteiger partial charge < -0.3 is 15.5 Å². The molecule has 94 valence electrons. The highest BCUT2D eigenvalue weighted by molar-refractivity contribution is 5.77. The zero-order valence-electron chi connectivity index (χ0n) is 9.50. The van der Waals surface area contributed by atoms with E-state index < -0.39 is 4.92 Å². The highest BCUT2D eigenvalue weighted by Crippen LogP contribution is 2.26. The molecule has 1 aromatic carbocycles. The second kappa shape index (κ2) is 3.95. The van der Waals surface area contributed by atoms with Crippen LogP contribution in [0.25, 0.3) is 11.1 Å². The lowest BCUT2D eigenvalue weighted by molar-refractivity contribution is -0.384. The van der Waals surface area contributed by atoms with Crippen LogP contribution in [-0.4, -0.2) is 22.0 Å². The normalized spacial score (nSPS) is 22.7. The van der Waals surface area contributed by atoms with Crippen LogP contribution in [0.15, 0.2) is 22.6 Å². The van der Waals surface area contributed by atoms with Gasteiger partial charge in [-0.15, -0.1) is 0 Å². The van der Waals surface area contributed by atoms with Gasteiger partial charge in [0.2, 0.25) is 0 Å². The molecule has 3 N–H and O–H groups in total. The first-order chi connectivity index (χ1) is 8.61. The summed E-state index contributed by atoms with van der Waals surface area (Å²) >= 11 is 0. The molecule has 1 heterocycles. The third kappa shape index (κ3) is 1.88. The molecule has 1 aliphatic rings. The van der Waals surface area contributed by atoms with E-state index >= 15 is 0 Å². The molecule has 18 heavy (non-hydrogen) atoms. The summed E-state index contributed by atoms with van der Waals surface area (Å²) in [6.07, 6.45) is 1.78. The number of nitro benzene ring substituents is 1. The van der Waals surface area contributed by atoms with E-state index in [0.29, 0.717) is 17.1 Å². The molecule has 2 aromatic rings. The van der Waals surface area contributed by atoms with Gasteiger partial charge in [-0.25, -0.2) is 0 Å². The first-order valence-corrected chi connectivity index (χ1v) is 5.69. The van der Waals surface area contributed by atoms with Gasteiger partial charge in [-0.2, -0.15) is 4.98 Å². The zero-order valence-corrected chi connectivity index (χ0v) is 9.50. The quantitative estimate of drug-likeness (QED) is 0.631. The van der Waals surface area contributed by atoms with Crippen molar-refractivity contribution in [3.8, 4) is 0 Å². The van der Waals surface area contributed by atoms with E-state index in [1.54, 1.807) is 6.07 Å². The van der Waals surface area contributed by atoms with Gasteiger partial charge in [0.1, 0.15) is 5.52 Å². The minimum Gasteiger partial charge on any atom is -0.424 e. The van der Waals surface area contributed by atoms with E-state index in [1.165, 1.54) is 12.1 Å². The molecule has 0 unspecified atom stereocenters. The Morgan fingerprint density at radius 3 is 2.94 bits per heavy atom. The highest BCUT2D eigenvalue weighted by Gasteiger charge is 2.27. The van der Waals surface area contributed by atoms with E-state index in [9.17, 15) is 10.1 Å². The monoisotopic (exact) mass is 248 g/mol. The predicted octanol–water partition coefficient (Wildman–Crippen LogP) is 1.64. The van der Waals surface area contributed by atoms with E-state index in [1.807, 2.05) is 0 Å². The Kier molecular flexibility index (Phi) is 2.41. The number of nitrogens with one attached hydrogen (secondary N) is 1. The van der Waals surface area contributed by atoms with Crippen molar-refractivity contribution in [2.75, 3.05) is 5.32 Å². The van der Waals surface area contributed by atoms with E-state index in [0.717, 1.165) is 12.8 Å². The fourth-order valence-electron chi connectivity index (χ4n) is 2.05. The topological polar surface area (TPSA) is 107 Å². The maximum absolute atomic E-state index is 10.6. The maximum Gasteiger partial charge on any atom is 0.295 e. The van der Waals surface area contributed by atoms with Crippen LogP contribution in [0.1, 0.15) is 12.8 Å². The number of rotatable bonds is 3. The van der Waals surface area contributed by atoms with Gasteiger partial charge in [-0.3, -0.25) is 10.1 Å². The fourth-order valence-corrected chi connectivity index (χ4v) is 2.05. The van der Waals surface area contributed by atoms with Crippen LogP contribution < -0.4 is 11.1 Å². The first kappa shape index (κ1) is 11.0. The fraction of sp³-hybridized carbons (Fsp3) is 0.364. The van der Waals surface area contributed by atoms with E-state index in [4.69, 9.17) is 10.2 Å². The number of nitro groups is 1. The van der Waals surface area contributed by atoms with Crippen molar-refractivity contribution in [2.24, 2.45) is 5.73 Å². The van der Waals surface area contributed by atoms with Gasteiger partial charge in [-0.1, -0.05) is 0 Å². The molecule has 0 aliphatic heterocycles. The standard InChI is InChI=1S/C11H12N4O3/c12-6-3-7(4-6)13-11-14-9-5-8(15(16)17)1-2-10(9)18-11/h1-2,5-7H,3-4,12H2,(H,13,14). The Morgan fingerprint density at radius 2 is 2.28 bits per heavy atom. The number of fused-ring (bicyclic) bond motifs is 1. The van der Waals surface area contributed by atoms with Crippen molar-refractivity contribution < 1.29 is 9.34 Å². The minimum atomic E-state index is -0.452. The molecule has 7 heteroatoms. The summed E-state index contributed by atoms with van der Waals surface area (Å²) in [6.45, 7) is 0. The third-order valence-corrected chi connectivity index (χ3v) is 3.08. The molecule has 0 spiro atoms. The molecular formula is C11H12N4O3.